The first-order valence-electron chi connectivity index (χ1n) is 13.4. The van der Waals surface area contributed by atoms with Gasteiger partial charge in [0.1, 0.15) is 30.2 Å². The fourth-order valence-electron chi connectivity index (χ4n) is 5.78. The van der Waals surface area contributed by atoms with Gasteiger partial charge >= 0.3 is 6.18 Å². The van der Waals surface area contributed by atoms with Gasteiger partial charge in [0.2, 0.25) is 5.91 Å². The number of anilines is 3. The van der Waals surface area contributed by atoms with Crippen molar-refractivity contribution in [3.8, 4) is 0 Å². The van der Waals surface area contributed by atoms with Gasteiger partial charge in [-0.3, -0.25) is 9.59 Å². The summed E-state index contributed by atoms with van der Waals surface area (Å²) >= 11 is 0. The fourth-order valence-corrected chi connectivity index (χ4v) is 5.78. The Balaban J connectivity index is 1.18. The Morgan fingerprint density at radius 2 is 1.93 bits per heavy atom. The van der Waals surface area contributed by atoms with Crippen LogP contribution in [0.4, 0.5) is 30.5 Å². The SMILES string of the molecule is O=C(c1cc(Nc2ccc3c(c2)CC2(C3)C(=O)Nc3ncccc32)ncn1)N(CCC1=CCCC=C1)CC(F)(F)F. The average Bonchev–Trinajstić information content (AvgIpc) is 3.47. The maximum Gasteiger partial charge on any atom is 0.406 e. The molecule has 3 aliphatic rings. The summed E-state index contributed by atoms with van der Waals surface area (Å²) in [5.74, 6) is -0.0268. The highest BCUT2D eigenvalue weighted by Gasteiger charge is 2.51. The molecule has 41 heavy (non-hydrogen) atoms. The van der Waals surface area contributed by atoms with Crippen molar-refractivity contribution in [1.82, 2.24) is 19.9 Å². The zero-order valence-electron chi connectivity index (χ0n) is 22.0. The molecule has 1 aromatic carbocycles. The van der Waals surface area contributed by atoms with Crippen LogP contribution in [-0.2, 0) is 23.1 Å². The second-order valence-electron chi connectivity index (χ2n) is 10.5. The van der Waals surface area contributed by atoms with E-state index in [1.165, 1.54) is 6.07 Å². The summed E-state index contributed by atoms with van der Waals surface area (Å²) in [4.78, 5) is 39.4. The second kappa shape index (κ2) is 10.5. The van der Waals surface area contributed by atoms with Crippen LogP contribution < -0.4 is 10.6 Å². The number of fused-ring (bicyclic) bond motifs is 3. The maximum absolute atomic E-state index is 13.3. The van der Waals surface area contributed by atoms with Crippen LogP contribution in [0.25, 0.3) is 0 Å². The van der Waals surface area contributed by atoms with Crippen LogP contribution in [0.1, 0.15) is 46.4 Å². The van der Waals surface area contributed by atoms with Crippen molar-refractivity contribution in [3.63, 3.8) is 0 Å². The first-order valence-corrected chi connectivity index (χ1v) is 13.4. The molecule has 2 aliphatic carbocycles. The highest BCUT2D eigenvalue weighted by atomic mass is 19.4. The number of aromatic nitrogens is 3. The van der Waals surface area contributed by atoms with E-state index in [-0.39, 0.29) is 24.0 Å². The van der Waals surface area contributed by atoms with Crippen LogP contribution >= 0.6 is 0 Å². The van der Waals surface area contributed by atoms with Crippen molar-refractivity contribution in [2.45, 2.75) is 43.7 Å². The van der Waals surface area contributed by atoms with Crippen LogP contribution in [0.3, 0.4) is 0 Å². The Morgan fingerprint density at radius 3 is 2.73 bits per heavy atom. The molecule has 3 heterocycles. The van der Waals surface area contributed by atoms with Gasteiger partial charge in [-0.2, -0.15) is 13.2 Å². The van der Waals surface area contributed by atoms with Gasteiger partial charge in [-0.25, -0.2) is 15.0 Å². The molecule has 0 bridgehead atoms. The van der Waals surface area contributed by atoms with Gasteiger partial charge in [0.25, 0.3) is 5.91 Å². The molecule has 8 nitrogen and oxygen atoms in total. The third-order valence-corrected chi connectivity index (χ3v) is 7.74. The van der Waals surface area contributed by atoms with Crippen LogP contribution in [0, 0.1) is 0 Å². The summed E-state index contributed by atoms with van der Waals surface area (Å²) < 4.78 is 40.0. The third-order valence-electron chi connectivity index (χ3n) is 7.74. The first kappa shape index (κ1) is 26.7. The molecule has 6 rings (SSSR count). The van der Waals surface area contributed by atoms with E-state index in [4.69, 9.17) is 0 Å². The minimum atomic E-state index is -4.55. The smallest absolute Gasteiger partial charge is 0.340 e. The molecule has 210 valence electrons. The third kappa shape index (κ3) is 5.44. The lowest BCUT2D eigenvalue weighted by molar-refractivity contribution is -0.140. The minimum absolute atomic E-state index is 0.0740. The van der Waals surface area contributed by atoms with Crippen LogP contribution in [-0.4, -0.2) is 50.9 Å². The van der Waals surface area contributed by atoms with Crippen molar-refractivity contribution >= 4 is 29.1 Å². The topological polar surface area (TPSA) is 100 Å². The van der Waals surface area contributed by atoms with E-state index in [0.29, 0.717) is 30.8 Å². The molecule has 2 aromatic heterocycles. The summed E-state index contributed by atoms with van der Waals surface area (Å²) in [6, 6.07) is 10.8. The van der Waals surface area contributed by atoms with E-state index in [1.807, 2.05) is 48.6 Å². The minimum Gasteiger partial charge on any atom is -0.340 e. The number of nitrogens with one attached hydrogen (secondary N) is 2. The molecule has 3 aromatic rings. The first-order chi connectivity index (χ1) is 19.7. The Kier molecular flexibility index (Phi) is 6.80. The molecule has 1 atom stereocenters. The second-order valence-corrected chi connectivity index (χ2v) is 10.5. The van der Waals surface area contributed by atoms with Gasteiger partial charge in [0.05, 0.1) is 5.41 Å². The van der Waals surface area contributed by atoms with E-state index in [1.54, 1.807) is 6.20 Å². The van der Waals surface area contributed by atoms with Gasteiger partial charge in [-0.15, -0.1) is 0 Å². The highest BCUT2D eigenvalue weighted by Crippen LogP contribution is 2.47. The van der Waals surface area contributed by atoms with Crippen molar-refractivity contribution < 1.29 is 22.8 Å². The largest absolute Gasteiger partial charge is 0.406 e. The number of allylic oxidation sites excluding steroid dienone is 3. The maximum atomic E-state index is 13.3. The van der Waals surface area contributed by atoms with E-state index < -0.39 is 24.0 Å². The van der Waals surface area contributed by atoms with Crippen LogP contribution in [0.15, 0.2) is 72.7 Å². The van der Waals surface area contributed by atoms with Gasteiger partial charge in [-0.1, -0.05) is 35.9 Å². The lowest BCUT2D eigenvalue weighted by Crippen LogP contribution is -2.40. The van der Waals surface area contributed by atoms with E-state index in [0.717, 1.165) is 46.3 Å². The molecule has 11 heteroatoms. The number of amides is 2. The Morgan fingerprint density at radius 1 is 1.07 bits per heavy atom. The number of rotatable bonds is 7. The summed E-state index contributed by atoms with van der Waals surface area (Å²) in [5.41, 5.74) is 3.67. The summed E-state index contributed by atoms with van der Waals surface area (Å²) in [6.45, 7) is -1.45. The number of carbonyl (C=O) groups excluding carboxylic acids is 2. The standard InChI is InChI=1S/C30H27F3N6O2/c31-30(32,33)17-39(12-10-19-5-2-1-3-6-19)27(40)24-14-25(36-18-35-24)37-22-9-8-20-15-29(16-21(20)13-22)23-7-4-11-34-26(23)38-28(29)41/h2,4-9,11,13-14,18H,1,3,10,12,15-17H2,(H,34,38,41)(H,35,36,37). The molecular formula is C30H27F3N6O2. The predicted octanol–water partition coefficient (Wildman–Crippen LogP) is 5.27. The Labute approximate surface area is 234 Å². The van der Waals surface area contributed by atoms with Gasteiger partial charge < -0.3 is 15.5 Å². The Hall–Kier alpha value is -4.54. The lowest BCUT2D eigenvalue weighted by atomic mass is 9.79. The molecule has 0 fully saturated rings. The number of pyridine rings is 1. The molecule has 0 radical (unpaired) electrons. The van der Waals surface area contributed by atoms with Gasteiger partial charge in [0, 0.05) is 30.1 Å². The summed E-state index contributed by atoms with van der Waals surface area (Å²) in [5, 5.41) is 6.03. The normalized spacial score (nSPS) is 19.0. The molecule has 1 unspecified atom stereocenters. The number of hydrogen-bond acceptors (Lipinski definition) is 6. The molecule has 0 saturated heterocycles. The van der Waals surface area contributed by atoms with E-state index in [2.05, 4.69) is 25.6 Å². The zero-order valence-corrected chi connectivity index (χ0v) is 22.0. The van der Waals surface area contributed by atoms with E-state index >= 15 is 0 Å². The number of benzene rings is 1. The number of nitrogens with zero attached hydrogens (tertiary/aromatic N) is 4. The van der Waals surface area contributed by atoms with E-state index in [9.17, 15) is 22.8 Å². The molecule has 2 N–H and O–H groups in total. The lowest BCUT2D eigenvalue weighted by Gasteiger charge is -2.24. The number of carbonyl (C=O) groups is 2. The average molecular weight is 561 g/mol. The summed E-state index contributed by atoms with van der Waals surface area (Å²) in [6.07, 6.45) is 7.23. The highest BCUT2D eigenvalue weighted by molar-refractivity contribution is 6.06. The Bertz CT molecular complexity index is 1580. The molecule has 1 aliphatic heterocycles. The van der Waals surface area contributed by atoms with Gasteiger partial charge in [-0.05, 0) is 61.4 Å². The number of halogens is 3. The number of hydrogen-bond donors (Lipinski definition) is 2. The van der Waals surface area contributed by atoms with Crippen LogP contribution in [0.2, 0.25) is 0 Å². The van der Waals surface area contributed by atoms with Crippen molar-refractivity contribution in [2.75, 3.05) is 23.7 Å². The molecule has 2 amide bonds. The van der Waals surface area contributed by atoms with Crippen LogP contribution in [0.5, 0.6) is 0 Å². The fraction of sp³-hybridized carbons (Fsp3) is 0.300. The van der Waals surface area contributed by atoms with Crippen molar-refractivity contribution in [1.29, 1.82) is 0 Å². The van der Waals surface area contributed by atoms with Gasteiger partial charge in [0.15, 0.2) is 0 Å². The monoisotopic (exact) mass is 560 g/mol. The quantitative estimate of drug-likeness (QED) is 0.408. The predicted molar refractivity (Wildman–Crippen MR) is 147 cm³/mol. The van der Waals surface area contributed by atoms with Crippen molar-refractivity contribution in [2.24, 2.45) is 0 Å². The molecular weight excluding hydrogens is 533 g/mol. The summed E-state index contributed by atoms with van der Waals surface area (Å²) in [7, 11) is 0. The zero-order chi connectivity index (χ0) is 28.6. The molecule has 1 spiro atoms. The number of alkyl halides is 3. The van der Waals surface area contributed by atoms with Crippen molar-refractivity contribution in [3.05, 3.63) is 95.1 Å². The molecule has 0 saturated carbocycles.